The van der Waals surface area contributed by atoms with Crippen molar-refractivity contribution in [3.8, 4) is 0 Å². The van der Waals surface area contributed by atoms with Crippen LogP contribution in [0.4, 0.5) is 5.95 Å². The van der Waals surface area contributed by atoms with Crippen LogP contribution in [0.2, 0.25) is 0 Å². The zero-order chi connectivity index (χ0) is 16.6. The third-order valence-corrected chi connectivity index (χ3v) is 3.65. The lowest BCUT2D eigenvalue weighted by Crippen LogP contribution is -2.37. The van der Waals surface area contributed by atoms with Gasteiger partial charge in [-0.1, -0.05) is 30.3 Å². The Kier molecular flexibility index (Phi) is 3.57. The average molecular weight is 312 g/mol. The van der Waals surface area contributed by atoms with Gasteiger partial charge in [0, 0.05) is 21.1 Å². The number of aryl methyl sites for hydroxylation is 2. The molecule has 8 nitrogen and oxygen atoms in total. The molecule has 1 N–H and O–H groups in total. The van der Waals surface area contributed by atoms with Gasteiger partial charge in [-0.2, -0.15) is 10.1 Å². The molecule has 3 aromatic rings. The maximum absolute atomic E-state index is 12.3. The fourth-order valence-electron chi connectivity index (χ4n) is 2.32. The highest BCUT2D eigenvalue weighted by molar-refractivity contribution is 5.80. The van der Waals surface area contributed by atoms with Crippen LogP contribution in [0.1, 0.15) is 5.56 Å². The Morgan fingerprint density at radius 1 is 1.04 bits per heavy atom. The Labute approximate surface area is 131 Å². The molecule has 0 bridgehead atoms. The summed E-state index contributed by atoms with van der Waals surface area (Å²) in [5.74, 6) is 0.380. The molecule has 2 heterocycles. The topological polar surface area (TPSA) is 86.2 Å². The molecule has 0 radical (unpaired) electrons. The second kappa shape index (κ2) is 5.56. The van der Waals surface area contributed by atoms with Gasteiger partial charge in [-0.25, -0.2) is 10.2 Å². The van der Waals surface area contributed by atoms with Crippen LogP contribution in [0.15, 0.2) is 45.0 Å². The van der Waals surface area contributed by atoms with Gasteiger partial charge in [0.15, 0.2) is 11.2 Å². The number of nitrogens with one attached hydrogen (secondary N) is 1. The average Bonchev–Trinajstić information content (AvgIpc) is 2.89. The number of fused-ring (bicyclic) bond motifs is 1. The Bertz CT molecular complexity index is 1010. The quantitative estimate of drug-likeness (QED) is 0.561. The van der Waals surface area contributed by atoms with Crippen LogP contribution in [-0.2, 0) is 21.1 Å². The number of anilines is 1. The molecular formula is C15H16N6O2. The third-order valence-electron chi connectivity index (χ3n) is 3.65. The van der Waals surface area contributed by atoms with E-state index in [9.17, 15) is 9.59 Å². The number of aromatic nitrogens is 4. The molecule has 0 spiro atoms. The maximum Gasteiger partial charge on any atom is 0.332 e. The Hall–Kier alpha value is -3.16. The minimum absolute atomic E-state index is 0.318. The smallest absolute Gasteiger partial charge is 0.306 e. The molecule has 0 unspecified atom stereocenters. The SMILES string of the molecule is Cn1c(=O)c2c(nc(NN=Cc3ccccc3)n2C)n(C)c1=O. The first-order valence-electron chi connectivity index (χ1n) is 6.97. The molecule has 3 rings (SSSR count). The number of benzene rings is 1. The maximum atomic E-state index is 12.3. The summed E-state index contributed by atoms with van der Waals surface area (Å²) in [6.07, 6.45) is 1.65. The molecule has 118 valence electrons. The van der Waals surface area contributed by atoms with Crippen molar-refractivity contribution in [2.75, 3.05) is 5.43 Å². The molecule has 0 aliphatic heterocycles. The summed E-state index contributed by atoms with van der Waals surface area (Å²) >= 11 is 0. The zero-order valence-electron chi connectivity index (χ0n) is 13.0. The van der Waals surface area contributed by atoms with Gasteiger partial charge in [0.1, 0.15) is 0 Å². The predicted octanol–water partition coefficient (Wildman–Crippen LogP) is 0.417. The molecule has 0 aliphatic carbocycles. The first-order chi connectivity index (χ1) is 11.0. The van der Waals surface area contributed by atoms with E-state index in [0.717, 1.165) is 10.1 Å². The second-order valence-corrected chi connectivity index (χ2v) is 5.15. The number of nitrogens with zero attached hydrogens (tertiary/aromatic N) is 5. The van der Waals surface area contributed by atoms with Crippen LogP contribution < -0.4 is 16.7 Å². The van der Waals surface area contributed by atoms with Crippen molar-refractivity contribution in [1.82, 2.24) is 18.7 Å². The van der Waals surface area contributed by atoms with Crippen LogP contribution in [0.5, 0.6) is 0 Å². The van der Waals surface area contributed by atoms with E-state index in [1.807, 2.05) is 30.3 Å². The predicted molar refractivity (Wildman–Crippen MR) is 88.9 cm³/mol. The summed E-state index contributed by atoms with van der Waals surface area (Å²) in [7, 11) is 4.72. The van der Waals surface area contributed by atoms with Crippen molar-refractivity contribution in [3.05, 3.63) is 56.7 Å². The van der Waals surface area contributed by atoms with Crippen molar-refractivity contribution in [3.63, 3.8) is 0 Å². The van der Waals surface area contributed by atoms with E-state index < -0.39 is 11.2 Å². The largest absolute Gasteiger partial charge is 0.332 e. The molecule has 1 aromatic carbocycles. The molecule has 2 aromatic heterocycles. The van der Waals surface area contributed by atoms with Crippen molar-refractivity contribution >= 4 is 23.3 Å². The van der Waals surface area contributed by atoms with Crippen LogP contribution in [0.3, 0.4) is 0 Å². The lowest BCUT2D eigenvalue weighted by molar-refractivity contribution is 0.705. The highest BCUT2D eigenvalue weighted by Crippen LogP contribution is 2.12. The van der Waals surface area contributed by atoms with Gasteiger partial charge in [-0.15, -0.1) is 0 Å². The van der Waals surface area contributed by atoms with E-state index in [0.29, 0.717) is 17.1 Å². The number of hydrazone groups is 1. The number of hydrogen-bond donors (Lipinski definition) is 1. The van der Waals surface area contributed by atoms with Crippen LogP contribution in [0, 0.1) is 0 Å². The summed E-state index contributed by atoms with van der Waals surface area (Å²) < 4.78 is 3.98. The van der Waals surface area contributed by atoms with Gasteiger partial charge >= 0.3 is 5.69 Å². The summed E-state index contributed by atoms with van der Waals surface area (Å²) in [6, 6.07) is 9.58. The monoisotopic (exact) mass is 312 g/mol. The molecule has 0 aliphatic rings. The number of hydrogen-bond acceptors (Lipinski definition) is 5. The Morgan fingerprint density at radius 2 is 1.74 bits per heavy atom. The lowest BCUT2D eigenvalue weighted by Gasteiger charge is -2.03. The van der Waals surface area contributed by atoms with Crippen LogP contribution in [-0.4, -0.2) is 24.9 Å². The van der Waals surface area contributed by atoms with E-state index in [4.69, 9.17) is 0 Å². The normalized spacial score (nSPS) is 11.4. The summed E-state index contributed by atoms with van der Waals surface area (Å²) in [5.41, 5.74) is 3.58. The highest BCUT2D eigenvalue weighted by atomic mass is 16.2. The van der Waals surface area contributed by atoms with E-state index in [1.54, 1.807) is 24.9 Å². The summed E-state index contributed by atoms with van der Waals surface area (Å²) in [4.78, 5) is 28.5. The highest BCUT2D eigenvalue weighted by Gasteiger charge is 2.16. The minimum Gasteiger partial charge on any atom is -0.306 e. The molecule has 0 atom stereocenters. The van der Waals surface area contributed by atoms with Gasteiger partial charge < -0.3 is 4.57 Å². The van der Waals surface area contributed by atoms with Crippen molar-refractivity contribution in [2.24, 2.45) is 26.2 Å². The summed E-state index contributed by atoms with van der Waals surface area (Å²) in [5, 5.41) is 4.12. The third kappa shape index (κ3) is 2.44. The Balaban J connectivity index is 2.03. The van der Waals surface area contributed by atoms with Gasteiger partial charge in [-0.05, 0) is 5.56 Å². The van der Waals surface area contributed by atoms with E-state index in [-0.39, 0.29) is 0 Å². The number of imidazole rings is 1. The van der Waals surface area contributed by atoms with E-state index in [1.165, 1.54) is 11.6 Å². The molecule has 8 heteroatoms. The zero-order valence-corrected chi connectivity index (χ0v) is 13.0. The van der Waals surface area contributed by atoms with Crippen molar-refractivity contribution in [2.45, 2.75) is 0 Å². The minimum atomic E-state index is -0.417. The van der Waals surface area contributed by atoms with Crippen LogP contribution >= 0.6 is 0 Å². The molecule has 0 saturated carbocycles. The second-order valence-electron chi connectivity index (χ2n) is 5.15. The first kappa shape index (κ1) is 14.8. The van der Waals surface area contributed by atoms with Crippen LogP contribution in [0.25, 0.3) is 11.2 Å². The standard InChI is InChI=1S/C15H16N6O2/c1-19-11-12(20(2)15(23)21(3)13(11)22)17-14(19)18-16-9-10-7-5-4-6-8-10/h4-9H,1-3H3,(H,17,18). The lowest BCUT2D eigenvalue weighted by atomic mass is 10.2. The molecule has 0 amide bonds. The fourth-order valence-corrected chi connectivity index (χ4v) is 2.32. The first-order valence-corrected chi connectivity index (χ1v) is 6.97. The van der Waals surface area contributed by atoms with Gasteiger partial charge in [0.2, 0.25) is 5.95 Å². The molecular weight excluding hydrogens is 296 g/mol. The molecule has 23 heavy (non-hydrogen) atoms. The van der Waals surface area contributed by atoms with Gasteiger partial charge in [0.25, 0.3) is 5.56 Å². The Morgan fingerprint density at radius 3 is 2.43 bits per heavy atom. The van der Waals surface area contributed by atoms with E-state index in [2.05, 4.69) is 15.5 Å². The summed E-state index contributed by atoms with van der Waals surface area (Å²) in [6.45, 7) is 0. The molecule has 0 fully saturated rings. The van der Waals surface area contributed by atoms with Crippen molar-refractivity contribution < 1.29 is 0 Å². The fraction of sp³-hybridized carbons (Fsp3) is 0.200. The van der Waals surface area contributed by atoms with E-state index >= 15 is 0 Å². The van der Waals surface area contributed by atoms with Crippen molar-refractivity contribution in [1.29, 1.82) is 0 Å². The van der Waals surface area contributed by atoms with Gasteiger partial charge in [-0.3, -0.25) is 13.9 Å². The van der Waals surface area contributed by atoms with Gasteiger partial charge in [0.05, 0.1) is 6.21 Å². The number of rotatable bonds is 3. The molecule has 0 saturated heterocycles.